The van der Waals surface area contributed by atoms with Crippen molar-refractivity contribution in [2.24, 2.45) is 7.05 Å². The molecule has 0 aliphatic carbocycles. The predicted molar refractivity (Wildman–Crippen MR) is 70.4 cm³/mol. The normalized spacial score (nSPS) is 10.9. The van der Waals surface area contributed by atoms with Gasteiger partial charge < -0.3 is 9.64 Å². The van der Waals surface area contributed by atoms with E-state index in [1.165, 1.54) is 6.42 Å². The Morgan fingerprint density at radius 3 is 2.83 bits per heavy atom. The molecule has 0 spiro atoms. The number of nitrogens with zero attached hydrogens (tertiary/aromatic N) is 3. The summed E-state index contributed by atoms with van der Waals surface area (Å²) < 4.78 is 6.78. The Kier molecular flexibility index (Phi) is 5.85. The zero-order valence-electron chi connectivity index (χ0n) is 11.8. The van der Waals surface area contributed by atoms with Crippen molar-refractivity contribution in [3.8, 4) is 0 Å². The number of carbonyl (C=O) groups excluding carboxylic acids is 1. The second kappa shape index (κ2) is 7.16. The van der Waals surface area contributed by atoms with Gasteiger partial charge in [0.05, 0.1) is 18.5 Å². The summed E-state index contributed by atoms with van der Waals surface area (Å²) in [4.78, 5) is 14.0. The molecule has 0 bridgehead atoms. The third kappa shape index (κ3) is 3.84. The molecule has 18 heavy (non-hydrogen) atoms. The highest BCUT2D eigenvalue weighted by atomic mass is 16.5. The summed E-state index contributed by atoms with van der Waals surface area (Å²) in [6.07, 6.45) is 3.91. The Hall–Kier alpha value is -1.36. The molecule has 1 aromatic heterocycles. The second-order valence-corrected chi connectivity index (χ2v) is 4.44. The minimum absolute atomic E-state index is 0.288. The first kappa shape index (κ1) is 14.7. The predicted octanol–water partition coefficient (Wildman–Crippen LogP) is 1.83. The van der Waals surface area contributed by atoms with Crippen molar-refractivity contribution in [3.05, 3.63) is 17.5 Å². The van der Waals surface area contributed by atoms with Crippen LogP contribution in [0.3, 0.4) is 0 Å². The highest BCUT2D eigenvalue weighted by Crippen LogP contribution is 2.12. The standard InChI is InChI=1S/C13H23N3O2/c1-5-7-8-15(3)10-12-11(9-14-16(12)4)13(17)18-6-2/h9H,5-8,10H2,1-4H3. The highest BCUT2D eigenvalue weighted by molar-refractivity contribution is 5.90. The average molecular weight is 253 g/mol. The van der Waals surface area contributed by atoms with E-state index in [9.17, 15) is 4.79 Å². The van der Waals surface area contributed by atoms with Crippen LogP contribution in [-0.2, 0) is 18.3 Å². The molecule has 102 valence electrons. The van der Waals surface area contributed by atoms with Crippen LogP contribution in [0.5, 0.6) is 0 Å². The van der Waals surface area contributed by atoms with Gasteiger partial charge in [0.2, 0.25) is 0 Å². The van der Waals surface area contributed by atoms with E-state index in [0.29, 0.717) is 18.7 Å². The van der Waals surface area contributed by atoms with Crippen molar-refractivity contribution in [2.45, 2.75) is 33.2 Å². The number of aromatic nitrogens is 2. The molecule has 5 heteroatoms. The summed E-state index contributed by atoms with van der Waals surface area (Å²) in [5.74, 6) is -0.288. The van der Waals surface area contributed by atoms with E-state index in [4.69, 9.17) is 4.74 Å². The quantitative estimate of drug-likeness (QED) is 0.696. The molecule has 0 N–H and O–H groups in total. The lowest BCUT2D eigenvalue weighted by Gasteiger charge is -2.17. The topological polar surface area (TPSA) is 47.4 Å². The Morgan fingerprint density at radius 2 is 2.22 bits per heavy atom. The molecule has 0 aromatic carbocycles. The lowest BCUT2D eigenvalue weighted by Crippen LogP contribution is -2.22. The molecule has 5 nitrogen and oxygen atoms in total. The van der Waals surface area contributed by atoms with E-state index in [1.54, 1.807) is 17.8 Å². The van der Waals surface area contributed by atoms with Crippen molar-refractivity contribution in [2.75, 3.05) is 20.2 Å². The van der Waals surface area contributed by atoms with E-state index in [1.807, 2.05) is 7.05 Å². The van der Waals surface area contributed by atoms with Crippen molar-refractivity contribution in [3.63, 3.8) is 0 Å². The van der Waals surface area contributed by atoms with Gasteiger partial charge >= 0.3 is 5.97 Å². The first-order valence-corrected chi connectivity index (χ1v) is 6.46. The Labute approximate surface area is 109 Å². The molecule has 0 aliphatic rings. The molecule has 0 fully saturated rings. The third-order valence-corrected chi connectivity index (χ3v) is 2.87. The van der Waals surface area contributed by atoms with Gasteiger partial charge in [0.15, 0.2) is 0 Å². The van der Waals surface area contributed by atoms with Crippen LogP contribution in [-0.4, -0.2) is 40.8 Å². The molecule has 0 saturated carbocycles. The van der Waals surface area contributed by atoms with Crippen molar-refractivity contribution >= 4 is 5.97 Å². The summed E-state index contributed by atoms with van der Waals surface area (Å²) in [5, 5.41) is 4.14. The zero-order chi connectivity index (χ0) is 13.5. The molecule has 0 amide bonds. The highest BCUT2D eigenvalue weighted by Gasteiger charge is 2.18. The van der Waals surface area contributed by atoms with Gasteiger partial charge in [-0.15, -0.1) is 0 Å². The van der Waals surface area contributed by atoms with Gasteiger partial charge in [-0.1, -0.05) is 13.3 Å². The van der Waals surface area contributed by atoms with Crippen molar-refractivity contribution < 1.29 is 9.53 Å². The fraction of sp³-hybridized carbons (Fsp3) is 0.692. The Bertz CT molecular complexity index is 388. The summed E-state index contributed by atoms with van der Waals surface area (Å²) in [5.41, 5.74) is 1.48. The fourth-order valence-corrected chi connectivity index (χ4v) is 1.79. The van der Waals surface area contributed by atoms with Gasteiger partial charge in [-0.05, 0) is 26.9 Å². The number of carbonyl (C=O) groups is 1. The first-order valence-electron chi connectivity index (χ1n) is 6.46. The van der Waals surface area contributed by atoms with Gasteiger partial charge in [-0.25, -0.2) is 4.79 Å². The maximum atomic E-state index is 11.8. The van der Waals surface area contributed by atoms with Gasteiger partial charge in [0.1, 0.15) is 5.56 Å². The smallest absolute Gasteiger partial charge is 0.341 e. The third-order valence-electron chi connectivity index (χ3n) is 2.87. The van der Waals surface area contributed by atoms with E-state index in [0.717, 1.165) is 18.7 Å². The van der Waals surface area contributed by atoms with Gasteiger partial charge in [-0.2, -0.15) is 5.10 Å². The van der Waals surface area contributed by atoms with E-state index >= 15 is 0 Å². The van der Waals surface area contributed by atoms with E-state index in [-0.39, 0.29) is 5.97 Å². The minimum Gasteiger partial charge on any atom is -0.462 e. The van der Waals surface area contributed by atoms with Crippen LogP contribution in [0.15, 0.2) is 6.20 Å². The molecular weight excluding hydrogens is 230 g/mol. The number of hydrogen-bond acceptors (Lipinski definition) is 4. The van der Waals surface area contributed by atoms with Crippen LogP contribution in [0.4, 0.5) is 0 Å². The molecule has 0 radical (unpaired) electrons. The average Bonchev–Trinajstić information content (AvgIpc) is 2.69. The van der Waals surface area contributed by atoms with E-state index in [2.05, 4.69) is 24.0 Å². The van der Waals surface area contributed by atoms with E-state index < -0.39 is 0 Å². The fourth-order valence-electron chi connectivity index (χ4n) is 1.79. The monoisotopic (exact) mass is 253 g/mol. The number of rotatable bonds is 7. The van der Waals surface area contributed by atoms with Crippen LogP contribution >= 0.6 is 0 Å². The summed E-state index contributed by atoms with van der Waals surface area (Å²) in [6, 6.07) is 0. The van der Waals surface area contributed by atoms with Crippen LogP contribution in [0.1, 0.15) is 42.7 Å². The largest absolute Gasteiger partial charge is 0.462 e. The summed E-state index contributed by atoms with van der Waals surface area (Å²) in [6.45, 7) is 6.09. The molecular formula is C13H23N3O2. The van der Waals surface area contributed by atoms with Gasteiger partial charge in [-0.3, -0.25) is 4.68 Å². The minimum atomic E-state index is -0.288. The van der Waals surface area contributed by atoms with Crippen LogP contribution in [0.25, 0.3) is 0 Å². The number of hydrogen-bond donors (Lipinski definition) is 0. The van der Waals surface area contributed by atoms with Crippen LogP contribution in [0, 0.1) is 0 Å². The van der Waals surface area contributed by atoms with Gasteiger partial charge in [0.25, 0.3) is 0 Å². The zero-order valence-corrected chi connectivity index (χ0v) is 11.8. The maximum absolute atomic E-state index is 11.8. The summed E-state index contributed by atoms with van der Waals surface area (Å²) in [7, 11) is 3.91. The molecule has 1 rings (SSSR count). The number of esters is 1. The van der Waals surface area contributed by atoms with Crippen molar-refractivity contribution in [1.82, 2.24) is 14.7 Å². The Balaban J connectivity index is 2.74. The van der Waals surface area contributed by atoms with Crippen molar-refractivity contribution in [1.29, 1.82) is 0 Å². The molecule has 0 saturated heterocycles. The molecule has 0 aliphatic heterocycles. The molecule has 1 aromatic rings. The first-order chi connectivity index (χ1) is 8.60. The van der Waals surface area contributed by atoms with Gasteiger partial charge in [0, 0.05) is 13.6 Å². The van der Waals surface area contributed by atoms with Crippen LogP contribution < -0.4 is 0 Å². The summed E-state index contributed by atoms with van der Waals surface area (Å²) >= 11 is 0. The Morgan fingerprint density at radius 1 is 1.50 bits per heavy atom. The number of unbranched alkanes of at least 4 members (excludes halogenated alkanes) is 1. The molecule has 0 unspecified atom stereocenters. The SMILES string of the molecule is CCCCN(C)Cc1c(C(=O)OCC)cnn1C. The molecule has 1 heterocycles. The number of aryl methyl sites for hydroxylation is 1. The molecule has 0 atom stereocenters. The lowest BCUT2D eigenvalue weighted by atomic mass is 10.2. The van der Waals surface area contributed by atoms with Crippen LogP contribution in [0.2, 0.25) is 0 Å². The second-order valence-electron chi connectivity index (χ2n) is 4.44. The lowest BCUT2D eigenvalue weighted by molar-refractivity contribution is 0.0524. The maximum Gasteiger partial charge on any atom is 0.341 e. The number of ether oxygens (including phenoxy) is 1.